The smallest absolute Gasteiger partial charge is 0.243 e. The van der Waals surface area contributed by atoms with E-state index >= 15 is 0 Å². The highest BCUT2D eigenvalue weighted by atomic mass is 35.5. The van der Waals surface area contributed by atoms with E-state index in [0.717, 1.165) is 23.6 Å². The number of nitrogens with zero attached hydrogens (tertiary/aromatic N) is 1. The van der Waals surface area contributed by atoms with Crippen LogP contribution >= 0.6 is 11.6 Å². The summed E-state index contributed by atoms with van der Waals surface area (Å²) in [4.78, 5) is 12.3. The van der Waals surface area contributed by atoms with Crippen LogP contribution in [-0.4, -0.2) is 38.3 Å². The minimum Gasteiger partial charge on any atom is -0.352 e. The zero-order valence-corrected chi connectivity index (χ0v) is 15.0. The maximum Gasteiger partial charge on any atom is 0.243 e. The Balaban J connectivity index is 1.98. The molecule has 7 heteroatoms. The van der Waals surface area contributed by atoms with E-state index < -0.39 is 10.0 Å². The molecule has 0 bridgehead atoms. The van der Waals surface area contributed by atoms with E-state index in [9.17, 15) is 13.2 Å². The van der Waals surface area contributed by atoms with Crippen molar-refractivity contribution in [2.24, 2.45) is 5.92 Å². The lowest BCUT2D eigenvalue weighted by Gasteiger charge is -2.30. The summed E-state index contributed by atoms with van der Waals surface area (Å²) in [5.41, 5.74) is 0. The number of sulfonamides is 1. The van der Waals surface area contributed by atoms with Crippen molar-refractivity contribution < 1.29 is 13.2 Å². The van der Waals surface area contributed by atoms with E-state index in [2.05, 4.69) is 12.2 Å². The molecule has 0 spiro atoms. The molecule has 1 aliphatic carbocycles. The van der Waals surface area contributed by atoms with Gasteiger partial charge in [-0.1, -0.05) is 31.4 Å². The van der Waals surface area contributed by atoms with E-state index in [-0.39, 0.29) is 23.4 Å². The molecule has 1 fully saturated rings. The minimum absolute atomic E-state index is 0.128. The van der Waals surface area contributed by atoms with Crippen LogP contribution < -0.4 is 5.32 Å². The van der Waals surface area contributed by atoms with Gasteiger partial charge >= 0.3 is 0 Å². The molecule has 1 amide bonds. The summed E-state index contributed by atoms with van der Waals surface area (Å²) in [6.45, 7) is 1.94. The largest absolute Gasteiger partial charge is 0.352 e. The summed E-state index contributed by atoms with van der Waals surface area (Å²) in [6.07, 6.45) is 4.36. The first-order valence-electron chi connectivity index (χ1n) is 7.82. The lowest BCUT2D eigenvalue weighted by Crippen LogP contribution is -2.46. The quantitative estimate of drug-likeness (QED) is 0.879. The normalized spacial score (nSPS) is 22.1. The molecule has 23 heavy (non-hydrogen) atoms. The van der Waals surface area contributed by atoms with Gasteiger partial charge in [0.15, 0.2) is 0 Å². The molecule has 1 N–H and O–H groups in total. The Kier molecular flexibility index (Phi) is 6.06. The minimum atomic E-state index is -3.69. The van der Waals surface area contributed by atoms with E-state index in [0.29, 0.717) is 10.9 Å². The number of benzene rings is 1. The van der Waals surface area contributed by atoms with Crippen LogP contribution in [0.1, 0.15) is 32.6 Å². The SMILES string of the molecule is C[C@H]1CCCC[C@H]1NC(=O)CN(C)S(=O)(=O)c1ccc(Cl)cc1. The molecule has 1 aliphatic rings. The number of likely N-dealkylation sites (N-methyl/N-ethyl adjacent to an activating group) is 1. The highest BCUT2D eigenvalue weighted by molar-refractivity contribution is 7.89. The summed E-state index contributed by atoms with van der Waals surface area (Å²) in [5.74, 6) is 0.176. The van der Waals surface area contributed by atoms with Crippen molar-refractivity contribution in [3.05, 3.63) is 29.3 Å². The number of hydrogen-bond donors (Lipinski definition) is 1. The fraction of sp³-hybridized carbons (Fsp3) is 0.562. The molecule has 1 saturated carbocycles. The lowest BCUT2D eigenvalue weighted by molar-refractivity contribution is -0.122. The predicted molar refractivity (Wildman–Crippen MR) is 90.8 cm³/mol. The average Bonchev–Trinajstić information content (AvgIpc) is 2.50. The van der Waals surface area contributed by atoms with Gasteiger partial charge in [0.25, 0.3) is 0 Å². The average molecular weight is 359 g/mol. The first kappa shape index (κ1) is 18.2. The van der Waals surface area contributed by atoms with Crippen LogP contribution in [0, 0.1) is 5.92 Å². The third kappa shape index (κ3) is 4.68. The zero-order chi connectivity index (χ0) is 17.0. The van der Waals surface area contributed by atoms with Crippen molar-refractivity contribution in [3.8, 4) is 0 Å². The van der Waals surface area contributed by atoms with Crippen molar-refractivity contribution in [1.29, 1.82) is 0 Å². The molecular weight excluding hydrogens is 336 g/mol. The number of carbonyl (C=O) groups excluding carboxylic acids is 1. The number of nitrogens with one attached hydrogen (secondary N) is 1. The van der Waals surface area contributed by atoms with Crippen molar-refractivity contribution in [3.63, 3.8) is 0 Å². The number of halogens is 1. The lowest BCUT2D eigenvalue weighted by atomic mass is 9.86. The Morgan fingerprint density at radius 1 is 1.26 bits per heavy atom. The predicted octanol–water partition coefficient (Wildman–Crippen LogP) is 2.66. The second-order valence-corrected chi connectivity index (χ2v) is 8.63. The molecule has 0 aromatic heterocycles. The molecule has 5 nitrogen and oxygen atoms in total. The fourth-order valence-corrected chi connectivity index (χ4v) is 4.11. The molecule has 0 saturated heterocycles. The maximum absolute atomic E-state index is 12.4. The summed E-state index contributed by atoms with van der Waals surface area (Å²) in [7, 11) is -2.28. The van der Waals surface area contributed by atoms with Crippen molar-refractivity contribution in [2.45, 2.75) is 43.5 Å². The first-order valence-corrected chi connectivity index (χ1v) is 9.64. The standard InChI is InChI=1S/C16H23ClN2O3S/c1-12-5-3-4-6-15(12)18-16(20)11-19(2)23(21,22)14-9-7-13(17)8-10-14/h7-10,12,15H,3-6,11H2,1-2H3,(H,18,20)/t12-,15+/m0/s1. The topological polar surface area (TPSA) is 66.5 Å². The number of rotatable bonds is 5. The van der Waals surface area contributed by atoms with E-state index in [1.165, 1.54) is 37.7 Å². The molecule has 0 heterocycles. The second kappa shape index (κ2) is 7.64. The summed E-state index contributed by atoms with van der Waals surface area (Å²) in [5, 5.41) is 3.43. The van der Waals surface area contributed by atoms with Crippen LogP contribution in [-0.2, 0) is 14.8 Å². The Hall–Kier alpha value is -1.11. The van der Waals surface area contributed by atoms with Crippen LogP contribution in [0.4, 0.5) is 0 Å². The molecule has 2 rings (SSSR count). The van der Waals surface area contributed by atoms with E-state index in [4.69, 9.17) is 11.6 Å². The van der Waals surface area contributed by atoms with E-state index in [1.54, 1.807) is 0 Å². The van der Waals surface area contributed by atoms with Gasteiger partial charge in [-0.2, -0.15) is 4.31 Å². The van der Waals surface area contributed by atoms with Gasteiger partial charge in [-0.3, -0.25) is 4.79 Å². The van der Waals surface area contributed by atoms with E-state index in [1.807, 2.05) is 0 Å². The third-order valence-corrected chi connectivity index (χ3v) is 6.42. The first-order chi connectivity index (χ1) is 10.8. The van der Waals surface area contributed by atoms with Gasteiger partial charge in [-0.25, -0.2) is 8.42 Å². The van der Waals surface area contributed by atoms with Gasteiger partial charge in [0, 0.05) is 18.1 Å². The van der Waals surface area contributed by atoms with Gasteiger partial charge in [0.05, 0.1) is 11.4 Å². The van der Waals surface area contributed by atoms with Crippen LogP contribution in [0.25, 0.3) is 0 Å². The summed E-state index contributed by atoms with van der Waals surface area (Å²) in [6, 6.07) is 6.06. The van der Waals surface area contributed by atoms with Crippen LogP contribution in [0.3, 0.4) is 0 Å². The van der Waals surface area contributed by atoms with Gasteiger partial charge in [-0.05, 0) is 43.0 Å². The number of carbonyl (C=O) groups is 1. The van der Waals surface area contributed by atoms with Crippen LogP contribution in [0.2, 0.25) is 5.02 Å². The van der Waals surface area contributed by atoms with Crippen molar-refractivity contribution in [1.82, 2.24) is 9.62 Å². The van der Waals surface area contributed by atoms with Crippen LogP contribution in [0.5, 0.6) is 0 Å². The third-order valence-electron chi connectivity index (χ3n) is 4.35. The molecule has 1 aromatic rings. The van der Waals surface area contributed by atoms with Gasteiger partial charge in [0.1, 0.15) is 0 Å². The van der Waals surface area contributed by atoms with Gasteiger partial charge in [0.2, 0.25) is 15.9 Å². The van der Waals surface area contributed by atoms with Gasteiger partial charge in [-0.15, -0.1) is 0 Å². The number of amides is 1. The van der Waals surface area contributed by atoms with Crippen molar-refractivity contribution in [2.75, 3.05) is 13.6 Å². The van der Waals surface area contributed by atoms with Crippen LogP contribution in [0.15, 0.2) is 29.2 Å². The van der Waals surface area contributed by atoms with Gasteiger partial charge < -0.3 is 5.32 Å². The highest BCUT2D eigenvalue weighted by Crippen LogP contribution is 2.23. The maximum atomic E-state index is 12.4. The Morgan fingerprint density at radius 2 is 1.87 bits per heavy atom. The molecule has 128 valence electrons. The highest BCUT2D eigenvalue weighted by Gasteiger charge is 2.26. The second-order valence-electron chi connectivity index (χ2n) is 6.15. The zero-order valence-electron chi connectivity index (χ0n) is 13.5. The Bertz CT molecular complexity index is 646. The fourth-order valence-electron chi connectivity index (χ4n) is 2.86. The number of hydrogen-bond acceptors (Lipinski definition) is 3. The summed E-state index contributed by atoms with van der Waals surface area (Å²) >= 11 is 5.78. The molecule has 1 aromatic carbocycles. The molecule has 0 radical (unpaired) electrons. The molecule has 0 unspecified atom stereocenters. The Morgan fingerprint density at radius 3 is 2.48 bits per heavy atom. The molecule has 2 atom stereocenters. The van der Waals surface area contributed by atoms with Crippen molar-refractivity contribution >= 4 is 27.5 Å². The molecule has 0 aliphatic heterocycles. The molecular formula is C16H23ClN2O3S. The Labute approximate surface area is 143 Å². The summed E-state index contributed by atoms with van der Waals surface area (Å²) < 4.78 is 25.9. The monoisotopic (exact) mass is 358 g/mol.